The lowest BCUT2D eigenvalue weighted by molar-refractivity contribution is 0.0797. The molecule has 3 heterocycles. The van der Waals surface area contributed by atoms with Gasteiger partial charge in [0.25, 0.3) is 0 Å². The number of benzene rings is 3. The minimum Gasteiger partial charge on any atom is -0.318 e. The van der Waals surface area contributed by atoms with E-state index in [-0.39, 0.29) is 11.6 Å². The Morgan fingerprint density at radius 1 is 0.868 bits per heavy atom. The van der Waals surface area contributed by atoms with E-state index in [1.54, 1.807) is 23.3 Å². The van der Waals surface area contributed by atoms with E-state index in [0.29, 0.717) is 30.8 Å². The van der Waals surface area contributed by atoms with Gasteiger partial charge >= 0.3 is 0 Å². The van der Waals surface area contributed by atoms with E-state index in [1.165, 1.54) is 0 Å². The van der Waals surface area contributed by atoms with Crippen molar-refractivity contribution >= 4 is 11.6 Å². The number of carbonyl (C=O) groups is 2. The van der Waals surface area contributed by atoms with Crippen molar-refractivity contribution < 1.29 is 9.59 Å². The third-order valence-corrected chi connectivity index (χ3v) is 7.45. The van der Waals surface area contributed by atoms with E-state index in [9.17, 15) is 9.59 Å². The summed E-state index contributed by atoms with van der Waals surface area (Å²) in [5, 5.41) is 4.43. The third-order valence-electron chi connectivity index (χ3n) is 7.45. The molecule has 0 N–H and O–H groups in total. The molecule has 0 saturated heterocycles. The van der Waals surface area contributed by atoms with Crippen molar-refractivity contribution in [2.24, 2.45) is 5.92 Å². The van der Waals surface area contributed by atoms with Crippen LogP contribution in [0.2, 0.25) is 0 Å². The van der Waals surface area contributed by atoms with Crippen LogP contribution in [0.25, 0.3) is 0 Å². The first-order chi connectivity index (χ1) is 18.6. The zero-order valence-corrected chi connectivity index (χ0v) is 21.2. The van der Waals surface area contributed by atoms with Gasteiger partial charge in [0.05, 0.1) is 17.9 Å². The highest BCUT2D eigenvalue weighted by atomic mass is 16.2. The molecule has 188 valence electrons. The van der Waals surface area contributed by atoms with Crippen molar-refractivity contribution in [3.05, 3.63) is 143 Å². The fourth-order valence-electron chi connectivity index (χ4n) is 5.72. The summed E-state index contributed by atoms with van der Waals surface area (Å²) in [6, 6.07) is 32.5. The predicted molar refractivity (Wildman–Crippen MR) is 145 cm³/mol. The smallest absolute Gasteiger partial charge is 0.193 e. The number of hydrogen-bond acceptors (Lipinski definition) is 4. The molecule has 0 fully saturated rings. The van der Waals surface area contributed by atoms with Gasteiger partial charge in [-0.2, -0.15) is 5.10 Å². The number of nitrogens with zero attached hydrogens (tertiary/aromatic N) is 4. The highest BCUT2D eigenvalue weighted by Gasteiger charge is 2.40. The number of rotatable bonds is 6. The zero-order valence-electron chi connectivity index (χ0n) is 21.2. The Kier molecular flexibility index (Phi) is 6.08. The van der Waals surface area contributed by atoms with Crippen LogP contribution in [0.15, 0.2) is 110 Å². The van der Waals surface area contributed by atoms with Crippen molar-refractivity contribution in [3.63, 3.8) is 0 Å². The lowest BCUT2D eigenvalue weighted by atomic mass is 9.76. The zero-order chi connectivity index (χ0) is 26.1. The molecular formula is C32H28N4O2. The molecule has 6 rings (SSSR count). The number of aromatic nitrogens is 4. The predicted octanol–water partition coefficient (Wildman–Crippen LogP) is 5.70. The number of Topliss-reactive ketones (excluding diaryl/α,β-unsaturated/α-hetero) is 2. The van der Waals surface area contributed by atoms with E-state index in [0.717, 1.165) is 22.4 Å². The quantitative estimate of drug-likeness (QED) is 0.170. The third kappa shape index (κ3) is 3.89. The molecule has 1 aliphatic rings. The molecule has 1 atom stereocenters. The van der Waals surface area contributed by atoms with Crippen molar-refractivity contribution in [1.82, 2.24) is 19.3 Å². The van der Waals surface area contributed by atoms with E-state index in [4.69, 9.17) is 0 Å². The summed E-state index contributed by atoms with van der Waals surface area (Å²) >= 11 is 0. The second-order valence-electron chi connectivity index (χ2n) is 9.79. The molecule has 0 saturated carbocycles. The van der Waals surface area contributed by atoms with Gasteiger partial charge < -0.3 is 4.57 Å². The first kappa shape index (κ1) is 23.8. The Labute approximate surface area is 221 Å². The van der Waals surface area contributed by atoms with Gasteiger partial charge in [-0.1, -0.05) is 91.0 Å². The Morgan fingerprint density at radius 3 is 1.97 bits per heavy atom. The maximum atomic E-state index is 13.8. The molecule has 0 radical (unpaired) electrons. The summed E-state index contributed by atoms with van der Waals surface area (Å²) in [5.41, 5.74) is 3.93. The van der Waals surface area contributed by atoms with E-state index in [2.05, 4.69) is 46.5 Å². The molecule has 6 nitrogen and oxygen atoms in total. The maximum Gasteiger partial charge on any atom is 0.193 e. The van der Waals surface area contributed by atoms with Crippen LogP contribution in [-0.4, -0.2) is 30.9 Å². The minimum absolute atomic E-state index is 0.178. The van der Waals surface area contributed by atoms with Gasteiger partial charge in [-0.3, -0.25) is 14.3 Å². The van der Waals surface area contributed by atoms with Gasteiger partial charge in [-0.25, -0.2) is 4.98 Å². The molecule has 0 bridgehead atoms. The Bertz CT molecular complexity index is 1490. The Hall–Kier alpha value is -4.58. The van der Waals surface area contributed by atoms with E-state index >= 15 is 0 Å². The van der Waals surface area contributed by atoms with Crippen LogP contribution in [0.3, 0.4) is 0 Å². The fourth-order valence-corrected chi connectivity index (χ4v) is 5.72. The van der Waals surface area contributed by atoms with Crippen LogP contribution in [0.5, 0.6) is 0 Å². The standard InChI is InChI=1S/C32H28N4O2/c1-23-20-29-31(38)27(18-11-19-36(29)34-23)30(37)28-21-35(22-33-28)32(24-12-5-2-6-13-24,25-14-7-3-8-15-25)26-16-9-4-10-17-26/h2-10,12-17,20-22,27H,11,18-19H2,1H3. The number of ketones is 2. The molecule has 6 heteroatoms. The molecule has 0 amide bonds. The van der Waals surface area contributed by atoms with Gasteiger partial charge in [0, 0.05) is 12.7 Å². The average molecular weight is 501 g/mol. The van der Waals surface area contributed by atoms with Gasteiger partial charge in [0.1, 0.15) is 16.9 Å². The van der Waals surface area contributed by atoms with Crippen LogP contribution >= 0.6 is 0 Å². The van der Waals surface area contributed by atoms with E-state index < -0.39 is 11.5 Å². The van der Waals surface area contributed by atoms with Gasteiger partial charge in [-0.15, -0.1) is 0 Å². The minimum atomic E-state index is -0.768. The number of imidazole rings is 1. The first-order valence-corrected chi connectivity index (χ1v) is 12.9. The number of aryl methyl sites for hydroxylation is 2. The van der Waals surface area contributed by atoms with Crippen LogP contribution in [0.4, 0.5) is 0 Å². The molecule has 0 aliphatic carbocycles. The van der Waals surface area contributed by atoms with Crippen molar-refractivity contribution in [2.75, 3.05) is 0 Å². The highest BCUT2D eigenvalue weighted by molar-refractivity contribution is 6.15. The van der Waals surface area contributed by atoms with Gasteiger partial charge in [0.2, 0.25) is 0 Å². The molecule has 0 spiro atoms. The van der Waals surface area contributed by atoms with Gasteiger partial charge in [0.15, 0.2) is 11.6 Å². The second-order valence-corrected chi connectivity index (χ2v) is 9.79. The maximum absolute atomic E-state index is 13.8. The van der Waals surface area contributed by atoms with Crippen LogP contribution in [0.1, 0.15) is 56.2 Å². The number of carbonyl (C=O) groups excluding carboxylic acids is 2. The molecule has 1 unspecified atom stereocenters. The monoisotopic (exact) mass is 500 g/mol. The van der Waals surface area contributed by atoms with Crippen molar-refractivity contribution in [2.45, 2.75) is 31.8 Å². The summed E-state index contributed by atoms with van der Waals surface area (Å²) in [5.74, 6) is -1.19. The van der Waals surface area contributed by atoms with Crippen LogP contribution in [-0.2, 0) is 12.1 Å². The second kappa shape index (κ2) is 9.71. The fraction of sp³-hybridized carbons (Fsp3) is 0.188. The van der Waals surface area contributed by atoms with Crippen LogP contribution < -0.4 is 0 Å². The van der Waals surface area contributed by atoms with Crippen molar-refractivity contribution in [3.8, 4) is 0 Å². The lowest BCUT2D eigenvalue weighted by Gasteiger charge is -2.37. The van der Waals surface area contributed by atoms with Gasteiger partial charge in [-0.05, 0) is 42.5 Å². The normalized spacial score (nSPS) is 15.6. The summed E-state index contributed by atoms with van der Waals surface area (Å²) in [6.45, 7) is 2.50. The summed E-state index contributed by atoms with van der Waals surface area (Å²) in [6.07, 6.45) is 4.71. The molecule has 1 aliphatic heterocycles. The summed E-state index contributed by atoms with van der Waals surface area (Å²) < 4.78 is 3.74. The molecular weight excluding hydrogens is 472 g/mol. The Morgan fingerprint density at radius 2 is 1.42 bits per heavy atom. The first-order valence-electron chi connectivity index (χ1n) is 12.9. The Balaban J connectivity index is 1.49. The lowest BCUT2D eigenvalue weighted by Crippen LogP contribution is -2.37. The molecule has 3 aromatic carbocycles. The van der Waals surface area contributed by atoms with Crippen LogP contribution in [0, 0.1) is 12.8 Å². The number of hydrogen-bond donors (Lipinski definition) is 0. The largest absolute Gasteiger partial charge is 0.318 e. The summed E-state index contributed by atoms with van der Waals surface area (Å²) in [4.78, 5) is 31.8. The SMILES string of the molecule is Cc1cc2n(n1)CCCC(C(=O)c1cn(C(c3ccccc3)(c3ccccc3)c3ccccc3)cn1)C2=O. The number of fused-ring (bicyclic) bond motifs is 1. The molecule has 2 aromatic heterocycles. The topological polar surface area (TPSA) is 69.8 Å². The molecule has 5 aromatic rings. The average Bonchev–Trinajstić information content (AvgIpc) is 3.57. The summed E-state index contributed by atoms with van der Waals surface area (Å²) in [7, 11) is 0. The molecule has 38 heavy (non-hydrogen) atoms. The van der Waals surface area contributed by atoms with Crippen molar-refractivity contribution in [1.29, 1.82) is 0 Å². The van der Waals surface area contributed by atoms with E-state index in [1.807, 2.05) is 66.1 Å². The highest BCUT2D eigenvalue weighted by Crippen LogP contribution is 2.41.